The standard InChI is InChI=1S/C14H21ClN2O/c1-16-12-5-4-8-17(11-12)9-10-18-14-7-3-2-6-13(14)15/h2-3,6-7,12,16H,4-5,8-11H2,1H3. The monoisotopic (exact) mass is 268 g/mol. The van der Waals surface area contributed by atoms with Crippen molar-refractivity contribution in [2.24, 2.45) is 0 Å². The van der Waals surface area contributed by atoms with E-state index in [0.29, 0.717) is 17.7 Å². The molecule has 1 unspecified atom stereocenters. The Bertz CT molecular complexity index is 373. The quantitative estimate of drug-likeness (QED) is 0.888. The second-order valence-corrected chi connectivity index (χ2v) is 5.11. The van der Waals surface area contributed by atoms with Crippen LogP contribution in [-0.2, 0) is 0 Å². The van der Waals surface area contributed by atoms with Crippen molar-refractivity contribution in [3.8, 4) is 5.75 Å². The van der Waals surface area contributed by atoms with E-state index in [2.05, 4.69) is 10.2 Å². The van der Waals surface area contributed by atoms with Crippen LogP contribution in [0.25, 0.3) is 0 Å². The van der Waals surface area contributed by atoms with E-state index in [-0.39, 0.29) is 0 Å². The van der Waals surface area contributed by atoms with E-state index in [4.69, 9.17) is 16.3 Å². The van der Waals surface area contributed by atoms with Crippen LogP contribution in [0, 0.1) is 0 Å². The number of para-hydroxylation sites is 1. The molecule has 1 aliphatic heterocycles. The van der Waals surface area contributed by atoms with Crippen LogP contribution in [-0.4, -0.2) is 44.2 Å². The Morgan fingerprint density at radius 1 is 1.44 bits per heavy atom. The lowest BCUT2D eigenvalue weighted by molar-refractivity contribution is 0.162. The lowest BCUT2D eigenvalue weighted by Gasteiger charge is -2.32. The van der Waals surface area contributed by atoms with Gasteiger partial charge < -0.3 is 10.1 Å². The molecule has 0 spiro atoms. The Balaban J connectivity index is 1.73. The number of likely N-dealkylation sites (tertiary alicyclic amines) is 1. The fourth-order valence-electron chi connectivity index (χ4n) is 2.34. The number of likely N-dealkylation sites (N-methyl/N-ethyl adjacent to an activating group) is 1. The van der Waals surface area contributed by atoms with Crippen LogP contribution in [0.3, 0.4) is 0 Å². The minimum Gasteiger partial charge on any atom is -0.491 e. The first-order chi connectivity index (χ1) is 8.79. The van der Waals surface area contributed by atoms with Crippen LogP contribution in [0.4, 0.5) is 0 Å². The molecule has 0 aromatic heterocycles. The summed E-state index contributed by atoms with van der Waals surface area (Å²) < 4.78 is 5.71. The number of benzene rings is 1. The van der Waals surface area contributed by atoms with E-state index in [1.54, 1.807) is 0 Å². The molecule has 1 saturated heterocycles. The van der Waals surface area contributed by atoms with Gasteiger partial charge in [0.25, 0.3) is 0 Å². The first-order valence-corrected chi connectivity index (χ1v) is 6.94. The van der Waals surface area contributed by atoms with Gasteiger partial charge in [-0.25, -0.2) is 0 Å². The predicted molar refractivity (Wildman–Crippen MR) is 75.5 cm³/mol. The first-order valence-electron chi connectivity index (χ1n) is 6.56. The largest absolute Gasteiger partial charge is 0.491 e. The summed E-state index contributed by atoms with van der Waals surface area (Å²) in [5, 5.41) is 4.03. The van der Waals surface area contributed by atoms with Crippen molar-refractivity contribution >= 4 is 11.6 Å². The Morgan fingerprint density at radius 2 is 2.28 bits per heavy atom. The van der Waals surface area contributed by atoms with E-state index in [1.807, 2.05) is 31.3 Å². The molecule has 1 aromatic rings. The van der Waals surface area contributed by atoms with Crippen molar-refractivity contribution in [3.05, 3.63) is 29.3 Å². The topological polar surface area (TPSA) is 24.5 Å². The Hall–Kier alpha value is -0.770. The van der Waals surface area contributed by atoms with Crippen molar-refractivity contribution in [3.63, 3.8) is 0 Å². The maximum atomic E-state index is 6.04. The fraction of sp³-hybridized carbons (Fsp3) is 0.571. The number of halogens is 1. The Kier molecular flexibility index (Phi) is 5.29. The van der Waals surface area contributed by atoms with E-state index < -0.39 is 0 Å². The highest BCUT2D eigenvalue weighted by Gasteiger charge is 2.17. The molecule has 1 fully saturated rings. The molecule has 1 N–H and O–H groups in total. The predicted octanol–water partition coefficient (Wildman–Crippen LogP) is 2.40. The van der Waals surface area contributed by atoms with Crippen molar-refractivity contribution in [2.75, 3.05) is 33.3 Å². The molecule has 18 heavy (non-hydrogen) atoms. The maximum Gasteiger partial charge on any atom is 0.137 e. The smallest absolute Gasteiger partial charge is 0.137 e. The molecule has 1 heterocycles. The van der Waals surface area contributed by atoms with Crippen LogP contribution in [0.1, 0.15) is 12.8 Å². The summed E-state index contributed by atoms with van der Waals surface area (Å²) >= 11 is 6.04. The molecule has 0 radical (unpaired) electrons. The molecule has 4 heteroatoms. The van der Waals surface area contributed by atoms with Gasteiger partial charge >= 0.3 is 0 Å². The van der Waals surface area contributed by atoms with E-state index in [0.717, 1.165) is 18.8 Å². The number of rotatable bonds is 5. The zero-order valence-corrected chi connectivity index (χ0v) is 11.6. The number of nitrogens with one attached hydrogen (secondary N) is 1. The number of ether oxygens (including phenoxy) is 1. The summed E-state index contributed by atoms with van der Waals surface area (Å²) in [6, 6.07) is 8.25. The minimum atomic E-state index is 0.624. The van der Waals surface area contributed by atoms with E-state index in [1.165, 1.54) is 19.4 Å². The third-order valence-corrected chi connectivity index (χ3v) is 3.73. The van der Waals surface area contributed by atoms with Gasteiger partial charge in [-0.05, 0) is 38.6 Å². The number of piperidine rings is 1. The van der Waals surface area contributed by atoms with Crippen LogP contribution in [0.15, 0.2) is 24.3 Å². The molecule has 0 bridgehead atoms. The molecule has 2 rings (SSSR count). The SMILES string of the molecule is CNC1CCCN(CCOc2ccccc2Cl)C1. The average Bonchev–Trinajstić information content (AvgIpc) is 2.41. The summed E-state index contributed by atoms with van der Waals surface area (Å²) in [7, 11) is 2.04. The maximum absolute atomic E-state index is 6.04. The number of nitrogens with zero attached hydrogens (tertiary/aromatic N) is 1. The van der Waals surface area contributed by atoms with Gasteiger partial charge in [0, 0.05) is 19.1 Å². The summed E-state index contributed by atoms with van der Waals surface area (Å²) in [4.78, 5) is 2.45. The van der Waals surface area contributed by atoms with Crippen LogP contribution in [0.2, 0.25) is 5.02 Å². The summed E-state index contributed by atoms with van der Waals surface area (Å²) in [5.41, 5.74) is 0. The Labute approximate surface area is 114 Å². The molecule has 100 valence electrons. The van der Waals surface area contributed by atoms with Gasteiger partial charge in [0.15, 0.2) is 0 Å². The lowest BCUT2D eigenvalue weighted by atomic mass is 10.1. The molecule has 0 saturated carbocycles. The third-order valence-electron chi connectivity index (χ3n) is 3.42. The summed E-state index contributed by atoms with van der Waals surface area (Å²) in [6.45, 7) is 3.94. The Morgan fingerprint density at radius 3 is 3.06 bits per heavy atom. The summed E-state index contributed by atoms with van der Waals surface area (Å²) in [6.07, 6.45) is 2.54. The molecular weight excluding hydrogens is 248 g/mol. The molecule has 3 nitrogen and oxygen atoms in total. The summed E-state index contributed by atoms with van der Waals surface area (Å²) in [5.74, 6) is 0.779. The fourth-order valence-corrected chi connectivity index (χ4v) is 2.53. The van der Waals surface area contributed by atoms with Gasteiger partial charge in [-0.2, -0.15) is 0 Å². The zero-order valence-electron chi connectivity index (χ0n) is 10.9. The molecule has 1 aliphatic rings. The van der Waals surface area contributed by atoms with E-state index in [9.17, 15) is 0 Å². The number of hydrogen-bond donors (Lipinski definition) is 1. The normalized spacial score (nSPS) is 20.9. The van der Waals surface area contributed by atoms with Crippen LogP contribution >= 0.6 is 11.6 Å². The molecule has 1 aromatic carbocycles. The average molecular weight is 269 g/mol. The van der Waals surface area contributed by atoms with Gasteiger partial charge in [0.05, 0.1) is 5.02 Å². The molecular formula is C14H21ClN2O. The van der Waals surface area contributed by atoms with Gasteiger partial charge in [0.1, 0.15) is 12.4 Å². The second kappa shape index (κ2) is 6.98. The first kappa shape index (κ1) is 13.7. The molecule has 0 aliphatic carbocycles. The van der Waals surface area contributed by atoms with Crippen molar-refractivity contribution in [1.29, 1.82) is 0 Å². The lowest BCUT2D eigenvalue weighted by Crippen LogP contribution is -2.45. The van der Waals surface area contributed by atoms with Crippen molar-refractivity contribution in [1.82, 2.24) is 10.2 Å². The second-order valence-electron chi connectivity index (χ2n) is 4.71. The highest BCUT2D eigenvalue weighted by molar-refractivity contribution is 6.32. The molecule has 1 atom stereocenters. The number of hydrogen-bond acceptors (Lipinski definition) is 3. The third kappa shape index (κ3) is 3.87. The van der Waals surface area contributed by atoms with Gasteiger partial charge in [-0.1, -0.05) is 23.7 Å². The van der Waals surface area contributed by atoms with Gasteiger partial charge in [0.2, 0.25) is 0 Å². The van der Waals surface area contributed by atoms with Gasteiger partial charge in [-0.3, -0.25) is 4.90 Å². The highest BCUT2D eigenvalue weighted by atomic mass is 35.5. The van der Waals surface area contributed by atoms with Crippen molar-refractivity contribution in [2.45, 2.75) is 18.9 Å². The highest BCUT2D eigenvalue weighted by Crippen LogP contribution is 2.23. The van der Waals surface area contributed by atoms with Crippen LogP contribution in [0.5, 0.6) is 5.75 Å². The zero-order chi connectivity index (χ0) is 12.8. The minimum absolute atomic E-state index is 0.624. The van der Waals surface area contributed by atoms with E-state index >= 15 is 0 Å². The van der Waals surface area contributed by atoms with Crippen molar-refractivity contribution < 1.29 is 4.74 Å². The van der Waals surface area contributed by atoms with Crippen LogP contribution < -0.4 is 10.1 Å². The molecule has 0 amide bonds. The van der Waals surface area contributed by atoms with Gasteiger partial charge in [-0.15, -0.1) is 0 Å².